The maximum absolute atomic E-state index is 12.4. The van der Waals surface area contributed by atoms with Crippen molar-refractivity contribution in [1.29, 1.82) is 0 Å². The van der Waals surface area contributed by atoms with Crippen LogP contribution in [-0.4, -0.2) is 28.5 Å². The Kier molecular flexibility index (Phi) is 3.50. The summed E-state index contributed by atoms with van der Waals surface area (Å²) in [6.07, 6.45) is 4.91. The Morgan fingerprint density at radius 3 is 2.95 bits per heavy atom. The summed E-state index contributed by atoms with van der Waals surface area (Å²) >= 11 is 6.10. The number of anilines is 1. The predicted molar refractivity (Wildman–Crippen MR) is 73.7 cm³/mol. The third kappa shape index (κ3) is 2.77. The highest BCUT2D eigenvalue weighted by Gasteiger charge is 2.27. The van der Waals surface area contributed by atoms with E-state index in [0.29, 0.717) is 23.2 Å². The molecule has 0 aromatic carbocycles. The summed E-state index contributed by atoms with van der Waals surface area (Å²) < 4.78 is 7.01. The Balaban J connectivity index is 1.84. The molecular weight excluding hydrogens is 266 g/mol. The Labute approximate surface area is 116 Å². The molecule has 2 heterocycles. The molecule has 2 atom stereocenters. The van der Waals surface area contributed by atoms with Gasteiger partial charge in [0.25, 0.3) is 5.56 Å². The monoisotopic (exact) mass is 283 g/mol. The molecule has 0 amide bonds. The minimum Gasteiger partial charge on any atom is -0.376 e. The van der Waals surface area contributed by atoms with Crippen molar-refractivity contribution in [2.24, 2.45) is 5.92 Å². The highest BCUT2D eigenvalue weighted by molar-refractivity contribution is 6.33. The SMILES string of the molecule is CC1OCCC1Nc1c(Cl)cnn(CC2CC2)c1=O. The van der Waals surface area contributed by atoms with E-state index < -0.39 is 0 Å². The van der Waals surface area contributed by atoms with Crippen LogP contribution in [0.3, 0.4) is 0 Å². The van der Waals surface area contributed by atoms with E-state index in [2.05, 4.69) is 10.4 Å². The molecule has 1 saturated heterocycles. The van der Waals surface area contributed by atoms with Crippen molar-refractivity contribution < 1.29 is 4.74 Å². The second-order valence-electron chi connectivity index (χ2n) is 5.41. The van der Waals surface area contributed by atoms with Gasteiger partial charge in [0.15, 0.2) is 0 Å². The van der Waals surface area contributed by atoms with Crippen LogP contribution in [0.25, 0.3) is 0 Å². The van der Waals surface area contributed by atoms with Gasteiger partial charge in [0.2, 0.25) is 0 Å². The minimum atomic E-state index is -0.126. The topological polar surface area (TPSA) is 56.1 Å². The van der Waals surface area contributed by atoms with Gasteiger partial charge in [0.05, 0.1) is 23.4 Å². The first-order chi connectivity index (χ1) is 9.15. The van der Waals surface area contributed by atoms with E-state index in [0.717, 1.165) is 13.0 Å². The summed E-state index contributed by atoms with van der Waals surface area (Å²) in [7, 11) is 0. The summed E-state index contributed by atoms with van der Waals surface area (Å²) in [6.45, 7) is 3.42. The lowest BCUT2D eigenvalue weighted by Crippen LogP contribution is -2.33. The molecule has 1 aliphatic heterocycles. The molecule has 6 heteroatoms. The number of halogens is 1. The van der Waals surface area contributed by atoms with E-state index in [1.165, 1.54) is 17.5 Å². The van der Waals surface area contributed by atoms with Crippen LogP contribution in [0.2, 0.25) is 5.02 Å². The number of nitrogens with zero attached hydrogens (tertiary/aromatic N) is 2. The molecule has 19 heavy (non-hydrogen) atoms. The van der Waals surface area contributed by atoms with Crippen LogP contribution in [0.4, 0.5) is 5.69 Å². The molecule has 3 rings (SSSR count). The number of hydrogen-bond acceptors (Lipinski definition) is 4. The molecule has 2 fully saturated rings. The van der Waals surface area contributed by atoms with Crippen molar-refractivity contribution in [2.45, 2.75) is 44.9 Å². The number of ether oxygens (including phenoxy) is 1. The first kappa shape index (κ1) is 12.9. The van der Waals surface area contributed by atoms with Crippen LogP contribution >= 0.6 is 11.6 Å². The normalized spacial score (nSPS) is 26.6. The van der Waals surface area contributed by atoms with Crippen LogP contribution in [0.5, 0.6) is 0 Å². The largest absolute Gasteiger partial charge is 0.376 e. The van der Waals surface area contributed by atoms with Gasteiger partial charge in [0, 0.05) is 13.2 Å². The Morgan fingerprint density at radius 2 is 2.32 bits per heavy atom. The van der Waals surface area contributed by atoms with E-state index in [1.807, 2.05) is 6.92 Å². The predicted octanol–water partition coefficient (Wildman–Crippen LogP) is 1.90. The van der Waals surface area contributed by atoms with Crippen molar-refractivity contribution in [3.05, 3.63) is 21.6 Å². The number of hydrogen-bond donors (Lipinski definition) is 1. The molecule has 5 nitrogen and oxygen atoms in total. The second-order valence-corrected chi connectivity index (χ2v) is 5.82. The van der Waals surface area contributed by atoms with Crippen LogP contribution in [0.15, 0.2) is 11.0 Å². The minimum absolute atomic E-state index is 0.0977. The molecule has 0 spiro atoms. The van der Waals surface area contributed by atoms with Gasteiger partial charge in [-0.05, 0) is 32.1 Å². The average molecular weight is 284 g/mol. The van der Waals surface area contributed by atoms with E-state index >= 15 is 0 Å². The Morgan fingerprint density at radius 1 is 1.53 bits per heavy atom. The maximum atomic E-state index is 12.4. The molecule has 0 bridgehead atoms. The lowest BCUT2D eigenvalue weighted by Gasteiger charge is -2.18. The van der Waals surface area contributed by atoms with Crippen molar-refractivity contribution in [1.82, 2.24) is 9.78 Å². The zero-order valence-corrected chi connectivity index (χ0v) is 11.7. The third-order valence-corrected chi connectivity index (χ3v) is 4.12. The summed E-state index contributed by atoms with van der Waals surface area (Å²) in [5.74, 6) is 0.605. The number of aromatic nitrogens is 2. The van der Waals surface area contributed by atoms with Crippen LogP contribution in [-0.2, 0) is 11.3 Å². The molecule has 0 radical (unpaired) electrons. The van der Waals surface area contributed by atoms with E-state index in [-0.39, 0.29) is 17.7 Å². The molecule has 1 aromatic rings. The fourth-order valence-electron chi connectivity index (χ4n) is 2.38. The van der Waals surface area contributed by atoms with Crippen LogP contribution < -0.4 is 10.9 Å². The summed E-state index contributed by atoms with van der Waals surface area (Å²) in [5.41, 5.74) is 0.332. The molecule has 1 aliphatic carbocycles. The standard InChI is InChI=1S/C13H18ClN3O2/c1-8-11(4-5-19-8)16-12-10(14)6-15-17(13(12)18)7-9-2-3-9/h6,8-9,11,16H,2-5,7H2,1H3. The fourth-order valence-corrected chi connectivity index (χ4v) is 2.56. The van der Waals surface area contributed by atoms with Crippen LogP contribution in [0.1, 0.15) is 26.2 Å². The van der Waals surface area contributed by atoms with Gasteiger partial charge in [-0.25, -0.2) is 4.68 Å². The highest BCUT2D eigenvalue weighted by Crippen LogP contribution is 2.30. The number of rotatable bonds is 4. The summed E-state index contributed by atoms with van der Waals surface area (Å²) in [6, 6.07) is 0.141. The Hall–Kier alpha value is -1.07. The van der Waals surface area contributed by atoms with E-state index in [1.54, 1.807) is 6.20 Å². The lowest BCUT2D eigenvalue weighted by molar-refractivity contribution is 0.121. The van der Waals surface area contributed by atoms with Gasteiger partial charge in [-0.15, -0.1) is 0 Å². The summed E-state index contributed by atoms with van der Waals surface area (Å²) in [5, 5.41) is 7.73. The second kappa shape index (κ2) is 5.13. The van der Waals surface area contributed by atoms with Crippen molar-refractivity contribution in [3.63, 3.8) is 0 Å². The first-order valence-corrected chi connectivity index (χ1v) is 7.16. The van der Waals surface area contributed by atoms with Crippen LogP contribution in [0, 0.1) is 5.92 Å². The van der Waals surface area contributed by atoms with E-state index in [4.69, 9.17) is 16.3 Å². The van der Waals surface area contributed by atoms with Crippen molar-refractivity contribution >= 4 is 17.3 Å². The van der Waals surface area contributed by atoms with E-state index in [9.17, 15) is 4.79 Å². The maximum Gasteiger partial charge on any atom is 0.291 e. The molecule has 1 N–H and O–H groups in total. The zero-order valence-electron chi connectivity index (χ0n) is 10.9. The molecule has 1 saturated carbocycles. The Bertz CT molecular complexity index is 527. The molecule has 1 aromatic heterocycles. The lowest BCUT2D eigenvalue weighted by atomic mass is 10.1. The molecule has 2 aliphatic rings. The smallest absolute Gasteiger partial charge is 0.291 e. The molecular formula is C13H18ClN3O2. The van der Waals surface area contributed by atoms with Gasteiger partial charge < -0.3 is 10.1 Å². The quantitative estimate of drug-likeness (QED) is 0.917. The first-order valence-electron chi connectivity index (χ1n) is 6.79. The third-order valence-electron chi connectivity index (χ3n) is 3.83. The van der Waals surface area contributed by atoms with Gasteiger partial charge in [-0.1, -0.05) is 11.6 Å². The highest BCUT2D eigenvalue weighted by atomic mass is 35.5. The van der Waals surface area contributed by atoms with Crippen molar-refractivity contribution in [3.8, 4) is 0 Å². The van der Waals surface area contributed by atoms with Gasteiger partial charge in [-0.2, -0.15) is 5.10 Å². The van der Waals surface area contributed by atoms with Gasteiger partial charge >= 0.3 is 0 Å². The molecule has 2 unspecified atom stereocenters. The van der Waals surface area contributed by atoms with Gasteiger partial charge in [-0.3, -0.25) is 4.79 Å². The fraction of sp³-hybridized carbons (Fsp3) is 0.692. The molecule has 104 valence electrons. The average Bonchev–Trinajstić information content (AvgIpc) is 3.11. The zero-order chi connectivity index (χ0) is 13.4. The van der Waals surface area contributed by atoms with Crippen molar-refractivity contribution in [2.75, 3.05) is 11.9 Å². The number of nitrogens with one attached hydrogen (secondary N) is 1. The van der Waals surface area contributed by atoms with Gasteiger partial charge in [0.1, 0.15) is 5.69 Å². The summed E-state index contributed by atoms with van der Waals surface area (Å²) in [4.78, 5) is 12.4.